The Balaban J connectivity index is 2.75. The number of hydrogen-bond donors (Lipinski definition) is 1. The first-order valence-electron chi connectivity index (χ1n) is 4.45. The summed E-state index contributed by atoms with van der Waals surface area (Å²) in [6.07, 6.45) is 0. The maximum atomic E-state index is 11.2. The van der Waals surface area contributed by atoms with Crippen LogP contribution in [-0.2, 0) is 7.05 Å². The second kappa shape index (κ2) is 3.27. The number of aryl methyl sites for hydroxylation is 1. The topological polar surface area (TPSA) is 73.5 Å². The van der Waals surface area contributed by atoms with Crippen LogP contribution in [0.25, 0.3) is 11.1 Å². The van der Waals surface area contributed by atoms with Crippen LogP contribution in [0.5, 0.6) is 0 Å². The Morgan fingerprint density at radius 2 is 2.27 bits per heavy atom. The molecule has 0 saturated heterocycles. The number of oxazole rings is 1. The van der Waals surface area contributed by atoms with E-state index in [9.17, 15) is 4.79 Å². The molecule has 2 N–H and O–H groups in total. The van der Waals surface area contributed by atoms with Crippen molar-refractivity contribution in [3.8, 4) is 0 Å². The van der Waals surface area contributed by atoms with Crippen molar-refractivity contribution in [2.24, 2.45) is 17.8 Å². The Hall–Kier alpha value is -2.04. The fourth-order valence-corrected chi connectivity index (χ4v) is 1.42. The Morgan fingerprint density at radius 1 is 1.53 bits per heavy atom. The minimum absolute atomic E-state index is 0.380. The van der Waals surface area contributed by atoms with Gasteiger partial charge in [-0.3, -0.25) is 9.56 Å². The molecule has 0 atom stereocenters. The van der Waals surface area contributed by atoms with Gasteiger partial charge in [0, 0.05) is 19.7 Å². The van der Waals surface area contributed by atoms with Gasteiger partial charge in [0.05, 0.1) is 5.52 Å². The highest BCUT2D eigenvalue weighted by atomic mass is 16.4. The van der Waals surface area contributed by atoms with Crippen LogP contribution in [0.1, 0.15) is 5.56 Å². The lowest BCUT2D eigenvalue weighted by Crippen LogP contribution is -2.13. The van der Waals surface area contributed by atoms with Crippen molar-refractivity contribution in [2.75, 3.05) is 7.05 Å². The monoisotopic (exact) mass is 205 g/mol. The molecule has 2 rings (SSSR count). The number of aromatic nitrogens is 1. The van der Waals surface area contributed by atoms with E-state index in [1.807, 2.05) is 0 Å². The molecule has 0 radical (unpaired) electrons. The molecule has 0 aliphatic heterocycles. The largest absolute Gasteiger partial charge is 0.419 e. The molecule has 5 nitrogen and oxygen atoms in total. The zero-order chi connectivity index (χ0) is 11.0. The third-order valence-electron chi connectivity index (χ3n) is 2.33. The van der Waals surface area contributed by atoms with Crippen molar-refractivity contribution in [3.63, 3.8) is 0 Å². The van der Waals surface area contributed by atoms with Crippen LogP contribution >= 0.6 is 0 Å². The molecule has 2 aromatic rings. The first-order valence-corrected chi connectivity index (χ1v) is 4.45. The summed E-state index contributed by atoms with van der Waals surface area (Å²) in [6.45, 7) is 0. The molecule has 78 valence electrons. The van der Waals surface area contributed by atoms with Gasteiger partial charge >= 0.3 is 5.76 Å². The van der Waals surface area contributed by atoms with Crippen LogP contribution in [0.4, 0.5) is 0 Å². The van der Waals surface area contributed by atoms with Crippen molar-refractivity contribution >= 4 is 16.9 Å². The van der Waals surface area contributed by atoms with Crippen molar-refractivity contribution in [1.29, 1.82) is 0 Å². The fourth-order valence-electron chi connectivity index (χ4n) is 1.42. The molecule has 15 heavy (non-hydrogen) atoms. The van der Waals surface area contributed by atoms with Crippen LogP contribution in [0.3, 0.4) is 0 Å². The minimum Gasteiger partial charge on any atom is -0.408 e. The molecule has 1 heterocycles. The lowest BCUT2D eigenvalue weighted by Gasteiger charge is -1.99. The third kappa shape index (κ3) is 1.41. The van der Waals surface area contributed by atoms with Gasteiger partial charge in [0.25, 0.3) is 0 Å². The summed E-state index contributed by atoms with van der Waals surface area (Å²) < 4.78 is 6.43. The van der Waals surface area contributed by atoms with Crippen LogP contribution in [0, 0.1) is 0 Å². The smallest absolute Gasteiger partial charge is 0.408 e. The number of benzene rings is 1. The Morgan fingerprint density at radius 3 is 2.93 bits per heavy atom. The van der Waals surface area contributed by atoms with Gasteiger partial charge in [0.1, 0.15) is 5.84 Å². The Kier molecular flexibility index (Phi) is 2.07. The van der Waals surface area contributed by atoms with E-state index < -0.39 is 0 Å². The highest BCUT2D eigenvalue weighted by Gasteiger charge is 2.07. The highest BCUT2D eigenvalue weighted by Crippen LogP contribution is 2.13. The summed E-state index contributed by atoms with van der Waals surface area (Å²) in [5.74, 6) is 0.0553. The number of hydrogen-bond acceptors (Lipinski definition) is 3. The van der Waals surface area contributed by atoms with Gasteiger partial charge in [-0.1, -0.05) is 0 Å². The number of nitrogens with zero attached hydrogens (tertiary/aromatic N) is 2. The maximum Gasteiger partial charge on any atom is 0.419 e. The normalized spacial score (nSPS) is 12.3. The average molecular weight is 205 g/mol. The van der Waals surface area contributed by atoms with Crippen molar-refractivity contribution in [1.82, 2.24) is 4.57 Å². The zero-order valence-electron chi connectivity index (χ0n) is 8.52. The number of fused-ring (bicyclic) bond motifs is 1. The van der Waals surface area contributed by atoms with E-state index in [4.69, 9.17) is 10.2 Å². The molecule has 0 bridgehead atoms. The molecule has 1 aromatic carbocycles. The van der Waals surface area contributed by atoms with Gasteiger partial charge in [-0.2, -0.15) is 0 Å². The van der Waals surface area contributed by atoms with E-state index in [0.29, 0.717) is 16.9 Å². The minimum atomic E-state index is -0.380. The van der Waals surface area contributed by atoms with E-state index >= 15 is 0 Å². The molecular formula is C10H11N3O2. The molecule has 0 spiro atoms. The van der Waals surface area contributed by atoms with E-state index in [1.165, 1.54) is 4.57 Å². The van der Waals surface area contributed by atoms with Gasteiger partial charge in [-0.05, 0) is 18.2 Å². The molecule has 0 fully saturated rings. The molecule has 0 aliphatic rings. The van der Waals surface area contributed by atoms with Gasteiger partial charge < -0.3 is 10.2 Å². The second-order valence-electron chi connectivity index (χ2n) is 3.22. The molecule has 5 heteroatoms. The summed E-state index contributed by atoms with van der Waals surface area (Å²) in [7, 11) is 3.27. The first-order chi connectivity index (χ1) is 7.13. The number of amidine groups is 1. The number of nitrogens with two attached hydrogens (primary N) is 1. The lowest BCUT2D eigenvalue weighted by atomic mass is 10.2. The molecular weight excluding hydrogens is 194 g/mol. The van der Waals surface area contributed by atoms with Crippen LogP contribution < -0.4 is 11.5 Å². The average Bonchev–Trinajstić information content (AvgIpc) is 2.54. The van der Waals surface area contributed by atoms with Crippen molar-refractivity contribution in [3.05, 3.63) is 34.3 Å². The summed E-state index contributed by atoms with van der Waals surface area (Å²) in [5.41, 5.74) is 7.72. The summed E-state index contributed by atoms with van der Waals surface area (Å²) in [4.78, 5) is 15.1. The highest BCUT2D eigenvalue weighted by molar-refractivity contribution is 5.99. The molecule has 0 unspecified atom stereocenters. The maximum absolute atomic E-state index is 11.2. The first kappa shape index (κ1) is 9.51. The summed E-state index contributed by atoms with van der Waals surface area (Å²) >= 11 is 0. The van der Waals surface area contributed by atoms with Gasteiger partial charge in [-0.15, -0.1) is 0 Å². The molecule has 0 saturated carbocycles. The molecule has 0 amide bonds. The van der Waals surface area contributed by atoms with Crippen molar-refractivity contribution in [2.45, 2.75) is 0 Å². The summed E-state index contributed by atoms with van der Waals surface area (Å²) in [5, 5.41) is 0. The van der Waals surface area contributed by atoms with Crippen LogP contribution in [-0.4, -0.2) is 17.5 Å². The van der Waals surface area contributed by atoms with Crippen LogP contribution in [0.2, 0.25) is 0 Å². The van der Waals surface area contributed by atoms with E-state index in [1.54, 1.807) is 32.3 Å². The van der Waals surface area contributed by atoms with Crippen molar-refractivity contribution < 1.29 is 4.42 Å². The van der Waals surface area contributed by atoms with E-state index in [2.05, 4.69) is 4.99 Å². The Labute approximate surface area is 85.8 Å². The second-order valence-corrected chi connectivity index (χ2v) is 3.22. The van der Waals surface area contributed by atoms with Gasteiger partial charge in [0.15, 0.2) is 5.58 Å². The standard InChI is InChI=1S/C10H11N3O2/c1-12-9(11)6-3-4-8-7(5-6)13(2)10(14)15-8/h3-5H,1-2H3,(H2,11,12). The van der Waals surface area contributed by atoms with E-state index in [0.717, 1.165) is 5.56 Å². The van der Waals surface area contributed by atoms with Crippen LogP contribution in [0.15, 0.2) is 32.4 Å². The molecule has 0 aliphatic carbocycles. The van der Waals surface area contributed by atoms with Gasteiger partial charge in [0.2, 0.25) is 0 Å². The SMILES string of the molecule is CN=C(N)c1ccc2oc(=O)n(C)c2c1. The van der Waals surface area contributed by atoms with Gasteiger partial charge in [-0.25, -0.2) is 4.79 Å². The zero-order valence-corrected chi connectivity index (χ0v) is 8.52. The predicted octanol–water partition coefficient (Wildman–Crippen LogP) is 0.467. The quantitative estimate of drug-likeness (QED) is 0.543. The lowest BCUT2D eigenvalue weighted by molar-refractivity contribution is 0.528. The fraction of sp³-hybridized carbons (Fsp3) is 0.200. The number of rotatable bonds is 1. The number of aliphatic imine (C=N–C) groups is 1. The molecule has 1 aromatic heterocycles. The van der Waals surface area contributed by atoms with E-state index in [-0.39, 0.29) is 5.76 Å². The predicted molar refractivity (Wildman–Crippen MR) is 58.1 cm³/mol. The summed E-state index contributed by atoms with van der Waals surface area (Å²) in [6, 6.07) is 5.26. The Bertz CT molecular complexity index is 592. The third-order valence-corrected chi connectivity index (χ3v) is 2.33.